The molecule has 0 atom stereocenters. The van der Waals surface area contributed by atoms with E-state index in [1.807, 2.05) is 18.2 Å². The number of carbonyl (C=O) groups is 1. The van der Waals surface area contributed by atoms with Gasteiger partial charge >= 0.3 is 0 Å². The first kappa shape index (κ1) is 17.5. The number of ether oxygens (including phenoxy) is 2. The van der Waals surface area contributed by atoms with Gasteiger partial charge in [-0.2, -0.15) is 5.10 Å². The summed E-state index contributed by atoms with van der Waals surface area (Å²) in [5, 5.41) is 7.57. The molecule has 2 rings (SSSR count). The number of rotatable bonds is 8. The first-order valence-corrected chi connectivity index (χ1v) is 7.62. The summed E-state index contributed by atoms with van der Waals surface area (Å²) < 4.78 is 10.1. The van der Waals surface area contributed by atoms with Gasteiger partial charge in [0.05, 0.1) is 23.9 Å². The van der Waals surface area contributed by atoms with Crippen molar-refractivity contribution in [3.05, 3.63) is 41.0 Å². The van der Waals surface area contributed by atoms with Gasteiger partial charge in [0.1, 0.15) is 5.69 Å². The van der Waals surface area contributed by atoms with Crippen LogP contribution in [-0.2, 0) is 9.47 Å². The molecule has 0 saturated carbocycles. The number of aromatic nitrogens is 2. The Kier molecular flexibility index (Phi) is 6.58. The molecule has 0 bridgehead atoms. The SMILES string of the molecule is COCCN(CCOC)C(=O)c1cc(-c2ccccc2Cl)n[nH]1. The molecule has 0 aliphatic heterocycles. The Balaban J connectivity index is 2.16. The van der Waals surface area contributed by atoms with Crippen molar-refractivity contribution in [3.63, 3.8) is 0 Å². The summed E-state index contributed by atoms with van der Waals surface area (Å²) in [7, 11) is 3.20. The number of aromatic amines is 1. The molecule has 0 saturated heterocycles. The lowest BCUT2D eigenvalue weighted by Gasteiger charge is -2.21. The minimum absolute atomic E-state index is 0.148. The Hall–Kier alpha value is -1.89. The van der Waals surface area contributed by atoms with Gasteiger partial charge in [-0.15, -0.1) is 0 Å². The van der Waals surface area contributed by atoms with Crippen molar-refractivity contribution in [2.75, 3.05) is 40.5 Å². The molecule has 0 unspecified atom stereocenters. The van der Waals surface area contributed by atoms with Crippen molar-refractivity contribution in [2.24, 2.45) is 0 Å². The monoisotopic (exact) mass is 337 g/mol. The molecule has 0 fully saturated rings. The minimum Gasteiger partial charge on any atom is -0.383 e. The summed E-state index contributed by atoms with van der Waals surface area (Å²) in [6.45, 7) is 1.89. The number of hydrogen-bond donors (Lipinski definition) is 1. The molecular formula is C16H20ClN3O3. The highest BCUT2D eigenvalue weighted by molar-refractivity contribution is 6.33. The number of carbonyl (C=O) groups excluding carboxylic acids is 1. The smallest absolute Gasteiger partial charge is 0.272 e. The summed E-state index contributed by atoms with van der Waals surface area (Å²) in [5.74, 6) is -0.148. The van der Waals surface area contributed by atoms with Gasteiger partial charge < -0.3 is 14.4 Å². The lowest BCUT2D eigenvalue weighted by atomic mass is 10.1. The van der Waals surface area contributed by atoms with Gasteiger partial charge in [0.2, 0.25) is 0 Å². The fraction of sp³-hybridized carbons (Fsp3) is 0.375. The van der Waals surface area contributed by atoms with Crippen molar-refractivity contribution in [1.82, 2.24) is 15.1 Å². The molecule has 0 spiro atoms. The maximum absolute atomic E-state index is 12.6. The van der Waals surface area contributed by atoms with Crippen LogP contribution in [-0.4, -0.2) is 61.5 Å². The summed E-state index contributed by atoms with van der Waals surface area (Å²) in [6, 6.07) is 9.08. The molecule has 0 aliphatic carbocycles. The second-order valence-electron chi connectivity index (χ2n) is 4.92. The predicted molar refractivity (Wildman–Crippen MR) is 88.7 cm³/mol. The Morgan fingerprint density at radius 3 is 2.48 bits per heavy atom. The average molecular weight is 338 g/mol. The molecule has 1 amide bonds. The second-order valence-corrected chi connectivity index (χ2v) is 5.33. The number of H-pyrrole nitrogens is 1. The molecule has 124 valence electrons. The number of nitrogens with one attached hydrogen (secondary N) is 1. The number of nitrogens with zero attached hydrogens (tertiary/aromatic N) is 2. The minimum atomic E-state index is -0.148. The molecule has 1 N–H and O–H groups in total. The molecule has 1 aromatic heterocycles. The van der Waals surface area contributed by atoms with E-state index < -0.39 is 0 Å². The number of benzene rings is 1. The molecule has 0 radical (unpaired) electrons. The average Bonchev–Trinajstić information content (AvgIpc) is 3.04. The quantitative estimate of drug-likeness (QED) is 0.803. The lowest BCUT2D eigenvalue weighted by molar-refractivity contribution is 0.0622. The van der Waals surface area contributed by atoms with E-state index in [0.717, 1.165) is 5.56 Å². The van der Waals surface area contributed by atoms with Gasteiger partial charge in [-0.25, -0.2) is 0 Å². The molecule has 6 nitrogen and oxygen atoms in total. The molecule has 2 aromatic rings. The Labute approximate surface area is 140 Å². The Morgan fingerprint density at radius 1 is 1.22 bits per heavy atom. The van der Waals surface area contributed by atoms with Crippen molar-refractivity contribution in [2.45, 2.75) is 0 Å². The first-order chi connectivity index (χ1) is 11.2. The van der Waals surface area contributed by atoms with Crippen molar-refractivity contribution >= 4 is 17.5 Å². The van der Waals surface area contributed by atoms with Crippen molar-refractivity contribution in [3.8, 4) is 11.3 Å². The van der Waals surface area contributed by atoms with Crippen molar-refractivity contribution in [1.29, 1.82) is 0 Å². The van der Waals surface area contributed by atoms with Crippen LogP contribution in [0.5, 0.6) is 0 Å². The molecule has 1 aromatic carbocycles. The van der Waals surface area contributed by atoms with Crippen LogP contribution in [0.15, 0.2) is 30.3 Å². The highest BCUT2D eigenvalue weighted by Gasteiger charge is 2.18. The van der Waals surface area contributed by atoms with E-state index in [1.54, 1.807) is 31.3 Å². The zero-order chi connectivity index (χ0) is 16.7. The maximum Gasteiger partial charge on any atom is 0.272 e. The molecule has 0 aliphatic rings. The van der Waals surface area contributed by atoms with Crippen molar-refractivity contribution < 1.29 is 14.3 Å². The van der Waals surface area contributed by atoms with Crippen LogP contribution in [0.2, 0.25) is 5.02 Å². The van der Waals surface area contributed by atoms with Gasteiger partial charge in [-0.05, 0) is 12.1 Å². The number of hydrogen-bond acceptors (Lipinski definition) is 4. The number of methoxy groups -OCH3 is 2. The molecular weight excluding hydrogens is 318 g/mol. The Bertz CT molecular complexity index is 637. The van der Waals surface area contributed by atoms with Crippen LogP contribution in [0.4, 0.5) is 0 Å². The topological polar surface area (TPSA) is 67.5 Å². The zero-order valence-corrected chi connectivity index (χ0v) is 14.0. The third-order valence-electron chi connectivity index (χ3n) is 3.38. The predicted octanol–water partition coefficient (Wildman–Crippen LogP) is 2.47. The van der Waals surface area contributed by atoms with E-state index in [1.165, 1.54) is 0 Å². The zero-order valence-electron chi connectivity index (χ0n) is 13.2. The first-order valence-electron chi connectivity index (χ1n) is 7.24. The van der Waals surface area contributed by atoms with Gasteiger partial charge in [0.15, 0.2) is 0 Å². The summed E-state index contributed by atoms with van der Waals surface area (Å²) in [5.41, 5.74) is 1.83. The highest BCUT2D eigenvalue weighted by atomic mass is 35.5. The molecule has 23 heavy (non-hydrogen) atoms. The van der Waals surface area contributed by atoms with E-state index in [9.17, 15) is 4.79 Å². The number of halogens is 1. The third kappa shape index (κ3) is 4.54. The molecule has 1 heterocycles. The van der Waals surface area contributed by atoms with Crippen LogP contribution in [0, 0.1) is 0 Å². The van der Waals surface area contributed by atoms with E-state index in [-0.39, 0.29) is 5.91 Å². The Morgan fingerprint density at radius 2 is 1.87 bits per heavy atom. The van der Waals surface area contributed by atoms with Crippen LogP contribution >= 0.6 is 11.6 Å². The third-order valence-corrected chi connectivity index (χ3v) is 3.71. The largest absolute Gasteiger partial charge is 0.383 e. The normalized spacial score (nSPS) is 10.7. The fourth-order valence-electron chi connectivity index (χ4n) is 2.13. The van der Waals surface area contributed by atoms with Crippen LogP contribution in [0.1, 0.15) is 10.5 Å². The van der Waals surface area contributed by atoms with Gasteiger partial charge in [0.25, 0.3) is 5.91 Å². The van der Waals surface area contributed by atoms with Gasteiger partial charge in [0, 0.05) is 32.9 Å². The fourth-order valence-corrected chi connectivity index (χ4v) is 2.36. The van der Waals surface area contributed by atoms with Gasteiger partial charge in [-0.3, -0.25) is 9.89 Å². The van der Waals surface area contributed by atoms with Crippen LogP contribution in [0.25, 0.3) is 11.3 Å². The summed E-state index contributed by atoms with van der Waals surface area (Å²) in [6.07, 6.45) is 0. The standard InChI is InChI=1S/C16H20ClN3O3/c1-22-9-7-20(8-10-23-2)16(21)15-11-14(18-19-15)12-5-3-4-6-13(12)17/h3-6,11H,7-10H2,1-2H3,(H,18,19). The van der Waals surface area contributed by atoms with E-state index >= 15 is 0 Å². The van der Waals surface area contributed by atoms with Crippen LogP contribution < -0.4 is 0 Å². The summed E-state index contributed by atoms with van der Waals surface area (Å²) >= 11 is 6.16. The molecule has 7 heteroatoms. The summed E-state index contributed by atoms with van der Waals surface area (Å²) in [4.78, 5) is 14.3. The lowest BCUT2D eigenvalue weighted by Crippen LogP contribution is -2.36. The van der Waals surface area contributed by atoms with Gasteiger partial charge in [-0.1, -0.05) is 29.8 Å². The van der Waals surface area contributed by atoms with E-state index in [0.29, 0.717) is 42.7 Å². The number of amides is 1. The van der Waals surface area contributed by atoms with E-state index in [2.05, 4.69) is 10.2 Å². The second kappa shape index (κ2) is 8.67. The highest BCUT2D eigenvalue weighted by Crippen LogP contribution is 2.26. The van der Waals surface area contributed by atoms with Crippen LogP contribution in [0.3, 0.4) is 0 Å². The van der Waals surface area contributed by atoms with E-state index in [4.69, 9.17) is 21.1 Å². The maximum atomic E-state index is 12.6.